The Kier molecular flexibility index (Phi) is 7.91. The van der Waals surface area contributed by atoms with Crippen molar-refractivity contribution in [1.29, 1.82) is 0 Å². The van der Waals surface area contributed by atoms with Crippen molar-refractivity contribution in [2.75, 3.05) is 20.8 Å². The zero-order chi connectivity index (χ0) is 29.3. The lowest BCUT2D eigenvalue weighted by molar-refractivity contribution is -0.152. The SMILES string of the molecule is COC(=O)[C@@H]1CC2CN1C(=O)[C@H](C(C)(C)C)NC(=O)O[C@@H]1C[C@H]1CCC=C=Cc1nc3ccc(OC)cc3nc1O2. The van der Waals surface area contributed by atoms with Gasteiger partial charge in [-0.25, -0.2) is 19.6 Å². The molecule has 0 radical (unpaired) electrons. The molecule has 1 saturated heterocycles. The Balaban J connectivity index is 1.54. The van der Waals surface area contributed by atoms with Gasteiger partial charge in [-0.2, -0.15) is 0 Å². The van der Waals surface area contributed by atoms with E-state index in [4.69, 9.17) is 28.9 Å². The summed E-state index contributed by atoms with van der Waals surface area (Å²) in [5.74, 6) is 0.153. The molecule has 2 bridgehead atoms. The largest absolute Gasteiger partial charge is 0.497 e. The number of hydrogen-bond acceptors (Lipinski definition) is 9. The molecule has 218 valence electrons. The van der Waals surface area contributed by atoms with E-state index in [1.54, 1.807) is 19.3 Å². The summed E-state index contributed by atoms with van der Waals surface area (Å²) >= 11 is 0. The number of amides is 2. The molecule has 1 saturated carbocycles. The summed E-state index contributed by atoms with van der Waals surface area (Å²) < 4.78 is 22.3. The Morgan fingerprint density at radius 3 is 2.66 bits per heavy atom. The van der Waals surface area contributed by atoms with Gasteiger partial charge in [0.05, 0.1) is 31.8 Å². The molecule has 5 rings (SSSR count). The predicted octanol–water partition coefficient (Wildman–Crippen LogP) is 3.65. The monoisotopic (exact) mass is 564 g/mol. The number of esters is 1. The van der Waals surface area contributed by atoms with Gasteiger partial charge in [-0.3, -0.25) is 4.79 Å². The number of carbonyl (C=O) groups excluding carboxylic acids is 3. The molecule has 1 aromatic carbocycles. The maximum atomic E-state index is 13.9. The van der Waals surface area contributed by atoms with Crippen molar-refractivity contribution >= 4 is 35.1 Å². The molecule has 11 nitrogen and oxygen atoms in total. The van der Waals surface area contributed by atoms with Crippen LogP contribution >= 0.6 is 0 Å². The highest BCUT2D eigenvalue weighted by molar-refractivity contribution is 5.91. The lowest BCUT2D eigenvalue weighted by Crippen LogP contribution is -2.57. The molecule has 5 atom stereocenters. The third kappa shape index (κ3) is 6.30. The van der Waals surface area contributed by atoms with E-state index in [0.29, 0.717) is 22.5 Å². The van der Waals surface area contributed by atoms with Crippen LogP contribution < -0.4 is 14.8 Å². The minimum Gasteiger partial charge on any atom is -0.497 e. The first-order valence-corrected chi connectivity index (χ1v) is 13.9. The van der Waals surface area contributed by atoms with E-state index in [-0.39, 0.29) is 30.9 Å². The highest BCUT2D eigenvalue weighted by Gasteiger charge is 2.47. The molecular weight excluding hydrogens is 528 g/mol. The van der Waals surface area contributed by atoms with Crippen LogP contribution in [0.5, 0.6) is 11.6 Å². The van der Waals surface area contributed by atoms with Crippen LogP contribution in [-0.2, 0) is 19.1 Å². The summed E-state index contributed by atoms with van der Waals surface area (Å²) in [5, 5.41) is 2.77. The molecule has 3 heterocycles. The first kappa shape index (κ1) is 28.4. The lowest BCUT2D eigenvalue weighted by atomic mass is 9.85. The van der Waals surface area contributed by atoms with Crippen LogP contribution in [0.3, 0.4) is 0 Å². The van der Waals surface area contributed by atoms with Gasteiger partial charge >= 0.3 is 12.1 Å². The Morgan fingerprint density at radius 2 is 1.93 bits per heavy atom. The highest BCUT2D eigenvalue weighted by Crippen LogP contribution is 2.38. The van der Waals surface area contributed by atoms with E-state index in [1.165, 1.54) is 12.0 Å². The quantitative estimate of drug-likeness (QED) is 0.429. The highest BCUT2D eigenvalue weighted by atomic mass is 16.6. The number of aromatic nitrogens is 2. The number of allylic oxidation sites excluding steroid dienone is 1. The number of rotatable bonds is 2. The summed E-state index contributed by atoms with van der Waals surface area (Å²) in [6.45, 7) is 5.64. The number of benzene rings is 1. The maximum Gasteiger partial charge on any atom is 0.408 e. The van der Waals surface area contributed by atoms with E-state index in [1.807, 2.05) is 39.0 Å². The first-order valence-electron chi connectivity index (χ1n) is 13.9. The van der Waals surface area contributed by atoms with E-state index < -0.39 is 41.6 Å². The van der Waals surface area contributed by atoms with Gasteiger partial charge in [0, 0.05) is 18.6 Å². The Bertz CT molecular complexity index is 1410. The molecule has 2 aliphatic heterocycles. The molecular formula is C30H36N4O7. The average molecular weight is 565 g/mol. The smallest absolute Gasteiger partial charge is 0.408 e. The standard InChI is InChI=1S/C30H36N4O7/c1-30(2,3)25-27(35)34-16-19(15-23(34)28(36)39-5)40-26-21(31-20-12-11-18(38-4)14-22(20)32-26)10-8-6-7-9-17-13-24(17)41-29(37)33-25/h6,10-12,14,17,19,23-25H,7,9,13,15-16H2,1-5H3,(H,33,37)/t8?,17-,19?,23+,24-,25-/m1/s1. The van der Waals surface area contributed by atoms with Crippen LogP contribution in [0.4, 0.5) is 4.79 Å². The topological polar surface area (TPSA) is 129 Å². The number of nitrogens with zero attached hydrogens (tertiary/aromatic N) is 3. The maximum absolute atomic E-state index is 13.9. The molecule has 3 aliphatic rings. The van der Waals surface area contributed by atoms with Crippen molar-refractivity contribution < 1.29 is 33.3 Å². The molecule has 2 aromatic rings. The lowest BCUT2D eigenvalue weighted by Gasteiger charge is -2.34. The number of ether oxygens (including phenoxy) is 4. The predicted molar refractivity (Wildman–Crippen MR) is 149 cm³/mol. The van der Waals surface area contributed by atoms with Gasteiger partial charge < -0.3 is 29.2 Å². The fourth-order valence-corrected chi connectivity index (χ4v) is 5.27. The summed E-state index contributed by atoms with van der Waals surface area (Å²) in [5.41, 5.74) is 4.23. The van der Waals surface area contributed by atoms with Crippen molar-refractivity contribution in [3.63, 3.8) is 0 Å². The van der Waals surface area contributed by atoms with Crippen molar-refractivity contribution in [1.82, 2.24) is 20.2 Å². The van der Waals surface area contributed by atoms with Crippen molar-refractivity contribution in [2.24, 2.45) is 11.3 Å². The van der Waals surface area contributed by atoms with Crippen LogP contribution in [0.15, 0.2) is 30.0 Å². The third-order valence-electron chi connectivity index (χ3n) is 7.67. The van der Waals surface area contributed by atoms with Gasteiger partial charge in [0.2, 0.25) is 11.8 Å². The number of carbonyl (C=O) groups is 3. The summed E-state index contributed by atoms with van der Waals surface area (Å²) in [7, 11) is 2.86. The average Bonchev–Trinajstić information content (AvgIpc) is 3.53. The molecule has 1 N–H and O–H groups in total. The van der Waals surface area contributed by atoms with Crippen LogP contribution in [0.25, 0.3) is 17.1 Å². The normalized spacial score (nSPS) is 26.6. The van der Waals surface area contributed by atoms with Crippen molar-refractivity contribution in [3.8, 4) is 11.6 Å². The van der Waals surface area contributed by atoms with Crippen LogP contribution in [0.1, 0.15) is 52.1 Å². The van der Waals surface area contributed by atoms with E-state index in [2.05, 4.69) is 11.0 Å². The van der Waals surface area contributed by atoms with Gasteiger partial charge in [0.15, 0.2) is 0 Å². The second-order valence-corrected chi connectivity index (χ2v) is 11.7. The van der Waals surface area contributed by atoms with E-state index >= 15 is 0 Å². The minimum absolute atomic E-state index is 0.0867. The molecule has 1 aliphatic carbocycles. The molecule has 2 amide bonds. The van der Waals surface area contributed by atoms with E-state index in [9.17, 15) is 14.4 Å². The Hall–Kier alpha value is -4.11. The van der Waals surface area contributed by atoms with E-state index in [0.717, 1.165) is 19.3 Å². The number of methoxy groups -OCH3 is 2. The van der Waals surface area contributed by atoms with Crippen molar-refractivity contribution in [2.45, 2.75) is 70.7 Å². The van der Waals surface area contributed by atoms with Gasteiger partial charge in [-0.05, 0) is 48.8 Å². The van der Waals surface area contributed by atoms with Gasteiger partial charge in [0.1, 0.15) is 35.7 Å². The molecule has 0 spiro atoms. The zero-order valence-electron chi connectivity index (χ0n) is 24.0. The second kappa shape index (κ2) is 11.4. The summed E-state index contributed by atoms with van der Waals surface area (Å²) in [6.07, 6.45) is 4.75. The van der Waals surface area contributed by atoms with Crippen LogP contribution in [0.2, 0.25) is 0 Å². The van der Waals surface area contributed by atoms with Gasteiger partial charge in [-0.1, -0.05) is 20.8 Å². The van der Waals surface area contributed by atoms with Gasteiger partial charge in [-0.15, -0.1) is 5.73 Å². The van der Waals surface area contributed by atoms with Crippen LogP contribution in [0, 0.1) is 11.3 Å². The number of fused-ring (bicyclic) bond motifs is 5. The fraction of sp³-hybridized carbons (Fsp3) is 0.533. The summed E-state index contributed by atoms with van der Waals surface area (Å²) in [4.78, 5) is 50.5. The molecule has 41 heavy (non-hydrogen) atoms. The number of hydrogen-bond donors (Lipinski definition) is 1. The molecule has 2 fully saturated rings. The fourth-order valence-electron chi connectivity index (χ4n) is 5.27. The Labute approximate surface area is 238 Å². The minimum atomic E-state index is -0.939. The third-order valence-corrected chi connectivity index (χ3v) is 7.67. The number of nitrogens with one attached hydrogen (secondary N) is 1. The summed E-state index contributed by atoms with van der Waals surface area (Å²) in [6, 6.07) is 3.56. The second-order valence-electron chi connectivity index (χ2n) is 11.7. The molecule has 1 aromatic heterocycles. The van der Waals surface area contributed by atoms with Crippen molar-refractivity contribution in [3.05, 3.63) is 35.7 Å². The number of alkyl carbamates (subject to hydrolysis) is 1. The first-order chi connectivity index (χ1) is 19.6. The molecule has 1 unspecified atom stereocenters. The molecule has 11 heteroatoms. The zero-order valence-corrected chi connectivity index (χ0v) is 24.0. The van der Waals surface area contributed by atoms with Gasteiger partial charge in [0.25, 0.3) is 0 Å². The Morgan fingerprint density at radius 1 is 1.12 bits per heavy atom. The van der Waals surface area contributed by atoms with Crippen LogP contribution in [-0.4, -0.2) is 77.9 Å².